The zero-order chi connectivity index (χ0) is 21.7. The van der Waals surface area contributed by atoms with Crippen molar-refractivity contribution in [3.63, 3.8) is 0 Å². The predicted molar refractivity (Wildman–Crippen MR) is 128 cm³/mol. The highest BCUT2D eigenvalue weighted by atomic mass is 16.3. The normalized spacial score (nSPS) is 47.4. The molecule has 1 N–H and O–H groups in total. The van der Waals surface area contributed by atoms with Crippen molar-refractivity contribution >= 4 is 0 Å². The Kier molecular flexibility index (Phi) is 6.35. The van der Waals surface area contributed by atoms with E-state index >= 15 is 0 Å². The molecule has 4 aliphatic carbocycles. The van der Waals surface area contributed by atoms with Crippen molar-refractivity contribution in [2.24, 2.45) is 52.3 Å². The molecule has 0 heterocycles. The fraction of sp³-hybridized carbons (Fsp3) is 0.862. The largest absolute Gasteiger partial charge is 0.393 e. The number of aliphatic hydroxyl groups excluding tert-OH is 1. The van der Waals surface area contributed by atoms with E-state index in [1.54, 1.807) is 0 Å². The van der Waals surface area contributed by atoms with Gasteiger partial charge >= 0.3 is 0 Å². The molecule has 4 rings (SSSR count). The predicted octanol–water partition coefficient (Wildman–Crippen LogP) is 7.80. The summed E-state index contributed by atoms with van der Waals surface area (Å²) >= 11 is 0. The van der Waals surface area contributed by atoms with E-state index in [0.717, 1.165) is 48.3 Å². The molecule has 1 heteroatoms. The first kappa shape index (κ1) is 22.6. The van der Waals surface area contributed by atoms with Gasteiger partial charge in [0.05, 0.1) is 6.10 Å². The molecule has 1 nitrogen and oxygen atoms in total. The second-order valence-electron chi connectivity index (χ2n) is 12.6. The lowest BCUT2D eigenvalue weighted by molar-refractivity contribution is -0.129. The number of fused-ring (bicyclic) bond motifs is 5. The van der Waals surface area contributed by atoms with Gasteiger partial charge in [0.2, 0.25) is 0 Å². The summed E-state index contributed by atoms with van der Waals surface area (Å²) in [5.74, 6) is 5.85. The molecule has 0 radical (unpaired) electrons. The van der Waals surface area contributed by atoms with Crippen LogP contribution in [0.3, 0.4) is 0 Å². The van der Waals surface area contributed by atoms with Crippen molar-refractivity contribution in [1.29, 1.82) is 0 Å². The molecule has 9 atom stereocenters. The van der Waals surface area contributed by atoms with Gasteiger partial charge in [0.1, 0.15) is 0 Å². The first-order chi connectivity index (χ1) is 14.2. The molecule has 0 aliphatic heterocycles. The van der Waals surface area contributed by atoms with E-state index in [0.29, 0.717) is 16.7 Å². The topological polar surface area (TPSA) is 20.2 Å². The molecule has 0 saturated heterocycles. The quantitative estimate of drug-likeness (QED) is 0.457. The highest BCUT2D eigenvalue weighted by molar-refractivity contribution is 5.18. The van der Waals surface area contributed by atoms with E-state index in [9.17, 15) is 5.11 Å². The lowest BCUT2D eigenvalue weighted by Gasteiger charge is -2.61. The Morgan fingerprint density at radius 1 is 0.967 bits per heavy atom. The summed E-state index contributed by atoms with van der Waals surface area (Å²) in [4.78, 5) is 0. The first-order valence-corrected chi connectivity index (χ1v) is 13.2. The second-order valence-corrected chi connectivity index (χ2v) is 12.6. The Balaban J connectivity index is 1.49. The van der Waals surface area contributed by atoms with Crippen LogP contribution in [0.4, 0.5) is 0 Å². The average Bonchev–Trinajstić information content (AvgIpc) is 3.06. The Hall–Kier alpha value is -0.560. The van der Waals surface area contributed by atoms with Gasteiger partial charge in [0.25, 0.3) is 0 Å². The summed E-state index contributed by atoms with van der Waals surface area (Å²) in [6.45, 7) is 16.4. The number of aliphatic hydroxyl groups is 1. The number of allylic oxidation sites excluding steroid dienone is 3. The Labute approximate surface area is 186 Å². The molecule has 0 aromatic carbocycles. The van der Waals surface area contributed by atoms with Crippen molar-refractivity contribution in [3.8, 4) is 0 Å². The third-order valence-corrected chi connectivity index (χ3v) is 11.0. The van der Waals surface area contributed by atoms with E-state index in [1.807, 2.05) is 0 Å². The molecule has 0 spiro atoms. The monoisotopic (exact) mass is 412 g/mol. The summed E-state index contributed by atoms with van der Waals surface area (Å²) in [6.07, 6.45) is 17.8. The molecule has 30 heavy (non-hydrogen) atoms. The van der Waals surface area contributed by atoms with Crippen LogP contribution in [-0.4, -0.2) is 11.2 Å². The Bertz CT molecular complexity index is 661. The van der Waals surface area contributed by atoms with Crippen molar-refractivity contribution < 1.29 is 5.11 Å². The molecule has 1 unspecified atom stereocenters. The van der Waals surface area contributed by atoms with Crippen LogP contribution >= 0.6 is 0 Å². The van der Waals surface area contributed by atoms with Crippen LogP contribution in [0.5, 0.6) is 0 Å². The third-order valence-electron chi connectivity index (χ3n) is 11.0. The number of hydrogen-bond donors (Lipinski definition) is 1. The van der Waals surface area contributed by atoms with E-state index in [4.69, 9.17) is 0 Å². The van der Waals surface area contributed by atoms with Crippen LogP contribution in [-0.2, 0) is 0 Å². The minimum absolute atomic E-state index is 0.0236. The summed E-state index contributed by atoms with van der Waals surface area (Å²) in [5, 5.41) is 10.3. The van der Waals surface area contributed by atoms with Crippen molar-refractivity contribution in [1.82, 2.24) is 0 Å². The highest BCUT2D eigenvalue weighted by Crippen LogP contribution is 2.68. The first-order valence-electron chi connectivity index (χ1n) is 13.2. The molecule has 0 bridgehead atoms. The van der Waals surface area contributed by atoms with Crippen LogP contribution < -0.4 is 0 Å². The average molecular weight is 413 g/mol. The standard InChI is InChI=1S/C29H48O/c1-7-21(19(2)3)9-8-20(4)25-12-13-26-24-11-10-22-18-23(30)14-16-28(22,5)27(24)15-17-29(25,26)6/h7,9,19-20,22-27,30H,1,8,10-18H2,2-6H3/t20-,22?,23+,24+,25-,26+,27+,28+,29-/m1/s1. The van der Waals surface area contributed by atoms with Gasteiger partial charge in [-0.15, -0.1) is 0 Å². The fourth-order valence-electron chi connectivity index (χ4n) is 9.25. The molecule has 0 aromatic rings. The molecule has 4 aliphatic rings. The highest BCUT2D eigenvalue weighted by Gasteiger charge is 2.60. The van der Waals surface area contributed by atoms with Crippen LogP contribution in [0.1, 0.15) is 98.8 Å². The molecule has 4 saturated carbocycles. The van der Waals surface area contributed by atoms with Crippen LogP contribution in [0, 0.1) is 52.3 Å². The minimum atomic E-state index is -0.0236. The Morgan fingerprint density at radius 3 is 2.37 bits per heavy atom. The SMILES string of the molecule is C=CC(=CC[C@@H](C)[C@H]1CC[C@H]2[C@@H]3CCC4C[C@@H](O)CC[C@]4(C)[C@H]3CC[C@]12C)C(C)C. The number of rotatable bonds is 5. The molecule has 0 aromatic heterocycles. The maximum absolute atomic E-state index is 10.3. The smallest absolute Gasteiger partial charge is 0.0543 e. The van der Waals surface area contributed by atoms with Crippen LogP contribution in [0.25, 0.3) is 0 Å². The summed E-state index contributed by atoms with van der Waals surface area (Å²) < 4.78 is 0. The van der Waals surface area contributed by atoms with Gasteiger partial charge in [0, 0.05) is 0 Å². The maximum Gasteiger partial charge on any atom is 0.0543 e. The zero-order valence-corrected chi connectivity index (χ0v) is 20.5. The van der Waals surface area contributed by atoms with E-state index < -0.39 is 0 Å². The lowest BCUT2D eigenvalue weighted by Crippen LogP contribution is -2.54. The number of hydrogen-bond acceptors (Lipinski definition) is 1. The lowest BCUT2D eigenvalue weighted by atomic mass is 9.44. The molecular formula is C29H48O. The van der Waals surface area contributed by atoms with E-state index in [-0.39, 0.29) is 6.10 Å². The molecule has 170 valence electrons. The Morgan fingerprint density at radius 2 is 1.67 bits per heavy atom. The molecule has 4 fully saturated rings. The van der Waals surface area contributed by atoms with Crippen molar-refractivity contribution in [2.45, 2.75) is 105 Å². The summed E-state index contributed by atoms with van der Waals surface area (Å²) in [7, 11) is 0. The second kappa shape index (κ2) is 8.42. The summed E-state index contributed by atoms with van der Waals surface area (Å²) in [5.41, 5.74) is 2.49. The van der Waals surface area contributed by atoms with Crippen LogP contribution in [0.2, 0.25) is 0 Å². The van der Waals surface area contributed by atoms with Gasteiger partial charge in [-0.2, -0.15) is 0 Å². The van der Waals surface area contributed by atoms with Gasteiger partial charge in [0.15, 0.2) is 0 Å². The summed E-state index contributed by atoms with van der Waals surface area (Å²) in [6, 6.07) is 0. The van der Waals surface area contributed by atoms with Crippen LogP contribution in [0.15, 0.2) is 24.3 Å². The molecule has 0 amide bonds. The van der Waals surface area contributed by atoms with Gasteiger partial charge in [-0.1, -0.05) is 58.9 Å². The third kappa shape index (κ3) is 3.66. The van der Waals surface area contributed by atoms with E-state index in [2.05, 4.69) is 53.3 Å². The van der Waals surface area contributed by atoms with Gasteiger partial charge in [-0.05, 0) is 116 Å². The maximum atomic E-state index is 10.3. The van der Waals surface area contributed by atoms with Gasteiger partial charge in [-0.25, -0.2) is 0 Å². The van der Waals surface area contributed by atoms with E-state index in [1.165, 1.54) is 56.9 Å². The van der Waals surface area contributed by atoms with Gasteiger partial charge < -0.3 is 5.11 Å². The van der Waals surface area contributed by atoms with Crippen molar-refractivity contribution in [2.75, 3.05) is 0 Å². The fourth-order valence-corrected chi connectivity index (χ4v) is 9.25. The van der Waals surface area contributed by atoms with Gasteiger partial charge in [-0.3, -0.25) is 0 Å². The zero-order valence-electron chi connectivity index (χ0n) is 20.5. The molecular weight excluding hydrogens is 364 g/mol. The minimum Gasteiger partial charge on any atom is -0.393 e. The van der Waals surface area contributed by atoms with Crippen molar-refractivity contribution in [3.05, 3.63) is 24.3 Å².